The van der Waals surface area contributed by atoms with Crippen molar-refractivity contribution in [2.45, 2.75) is 13.0 Å². The first-order chi connectivity index (χ1) is 12.4. The van der Waals surface area contributed by atoms with Crippen LogP contribution in [0.25, 0.3) is 0 Å². The van der Waals surface area contributed by atoms with Gasteiger partial charge in [-0.3, -0.25) is 9.59 Å². The number of benzene rings is 2. The van der Waals surface area contributed by atoms with Crippen LogP contribution in [-0.2, 0) is 9.59 Å². The van der Waals surface area contributed by atoms with Gasteiger partial charge in [0.15, 0.2) is 12.6 Å². The lowest BCUT2D eigenvalue weighted by Crippen LogP contribution is -3.14. The minimum absolute atomic E-state index is 0.163. The Bertz CT molecular complexity index is 765. The number of hydrogen-bond donors (Lipinski definition) is 3. The van der Waals surface area contributed by atoms with Gasteiger partial charge in [-0.25, -0.2) is 0 Å². The Hall–Kier alpha value is -2.57. The van der Waals surface area contributed by atoms with Crippen molar-refractivity contribution in [2.24, 2.45) is 0 Å². The molecule has 2 aromatic carbocycles. The molecule has 0 spiro atoms. The Kier molecular flexibility index (Phi) is 7.00. The van der Waals surface area contributed by atoms with Gasteiger partial charge < -0.3 is 20.3 Å². The molecule has 0 bridgehead atoms. The molecule has 7 heteroatoms. The summed E-state index contributed by atoms with van der Waals surface area (Å²) in [5.41, 5.74) is 1.31. The van der Waals surface area contributed by atoms with E-state index in [0.717, 1.165) is 10.6 Å². The van der Waals surface area contributed by atoms with Gasteiger partial charge in [-0.2, -0.15) is 0 Å². The van der Waals surface area contributed by atoms with Gasteiger partial charge in [0.25, 0.3) is 11.8 Å². The van der Waals surface area contributed by atoms with Crippen molar-refractivity contribution in [3.05, 3.63) is 53.6 Å². The van der Waals surface area contributed by atoms with E-state index in [1.807, 2.05) is 0 Å². The number of rotatable bonds is 7. The van der Waals surface area contributed by atoms with Gasteiger partial charge in [0.1, 0.15) is 5.75 Å². The van der Waals surface area contributed by atoms with Gasteiger partial charge in [-0.05, 0) is 49.4 Å². The largest absolute Gasteiger partial charge is 0.497 e. The van der Waals surface area contributed by atoms with Gasteiger partial charge in [0.2, 0.25) is 0 Å². The van der Waals surface area contributed by atoms with E-state index in [9.17, 15) is 9.59 Å². The smallest absolute Gasteiger partial charge is 0.282 e. The molecule has 0 radical (unpaired) electrons. The van der Waals surface area contributed by atoms with E-state index in [1.165, 1.54) is 0 Å². The number of amides is 2. The highest BCUT2D eigenvalue weighted by Crippen LogP contribution is 2.15. The second kappa shape index (κ2) is 9.22. The van der Waals surface area contributed by atoms with Crippen molar-refractivity contribution in [1.29, 1.82) is 0 Å². The number of hydrogen-bond acceptors (Lipinski definition) is 3. The van der Waals surface area contributed by atoms with E-state index in [-0.39, 0.29) is 18.4 Å². The average Bonchev–Trinajstić information content (AvgIpc) is 2.61. The molecule has 2 rings (SSSR count). The zero-order valence-corrected chi connectivity index (χ0v) is 15.8. The minimum Gasteiger partial charge on any atom is -0.497 e. The first kappa shape index (κ1) is 19.8. The quantitative estimate of drug-likeness (QED) is 0.690. The van der Waals surface area contributed by atoms with E-state index >= 15 is 0 Å². The van der Waals surface area contributed by atoms with E-state index in [4.69, 9.17) is 16.3 Å². The highest BCUT2D eigenvalue weighted by Gasteiger charge is 2.24. The van der Waals surface area contributed by atoms with Crippen LogP contribution >= 0.6 is 11.6 Å². The Morgan fingerprint density at radius 2 is 1.81 bits per heavy atom. The third-order valence-electron chi connectivity index (χ3n) is 4.04. The normalized spacial score (nSPS) is 12.8. The average molecular weight is 377 g/mol. The molecular weight excluding hydrogens is 354 g/mol. The fourth-order valence-corrected chi connectivity index (χ4v) is 2.52. The maximum atomic E-state index is 12.4. The van der Waals surface area contributed by atoms with Gasteiger partial charge in [0, 0.05) is 16.4 Å². The van der Waals surface area contributed by atoms with Crippen LogP contribution in [-0.4, -0.2) is 38.6 Å². The number of ether oxygens (including phenoxy) is 1. The topological polar surface area (TPSA) is 71.9 Å². The Morgan fingerprint density at radius 3 is 2.42 bits per heavy atom. The van der Waals surface area contributed by atoms with Crippen LogP contribution in [0.15, 0.2) is 48.5 Å². The van der Waals surface area contributed by atoms with E-state index in [2.05, 4.69) is 10.6 Å². The van der Waals surface area contributed by atoms with Crippen molar-refractivity contribution in [2.75, 3.05) is 31.3 Å². The molecule has 2 atom stereocenters. The number of carbonyl (C=O) groups is 2. The van der Waals surface area contributed by atoms with Crippen molar-refractivity contribution in [3.63, 3.8) is 0 Å². The molecule has 0 aliphatic carbocycles. The Balaban J connectivity index is 1.87. The summed E-state index contributed by atoms with van der Waals surface area (Å²) in [5.74, 6) is 0.370. The summed E-state index contributed by atoms with van der Waals surface area (Å²) in [6.07, 6.45) is 0. The summed E-state index contributed by atoms with van der Waals surface area (Å²) >= 11 is 5.92. The molecule has 0 aromatic heterocycles. The summed E-state index contributed by atoms with van der Waals surface area (Å²) in [4.78, 5) is 25.3. The van der Waals surface area contributed by atoms with E-state index < -0.39 is 6.04 Å². The molecule has 0 heterocycles. The van der Waals surface area contributed by atoms with Crippen molar-refractivity contribution in [3.8, 4) is 5.75 Å². The molecule has 26 heavy (non-hydrogen) atoms. The number of anilines is 2. The van der Waals surface area contributed by atoms with Gasteiger partial charge >= 0.3 is 0 Å². The van der Waals surface area contributed by atoms with Crippen molar-refractivity contribution < 1.29 is 19.2 Å². The molecule has 0 saturated heterocycles. The molecular formula is C19H23ClN3O3+. The van der Waals surface area contributed by atoms with Crippen LogP contribution in [0, 0.1) is 0 Å². The molecule has 0 aliphatic heterocycles. The third-order valence-corrected chi connectivity index (χ3v) is 4.27. The second-order valence-corrected chi connectivity index (χ2v) is 6.46. The number of methoxy groups -OCH3 is 1. The number of likely N-dealkylation sites (N-methyl/N-ethyl adjacent to an activating group) is 1. The van der Waals surface area contributed by atoms with Crippen LogP contribution < -0.4 is 20.3 Å². The standard InChI is InChI=1S/C19H22ClN3O3/c1-13(19(25)22-16-6-4-5-14(20)11-16)23(2)12-18(24)21-15-7-9-17(26-3)10-8-15/h4-11,13H,12H2,1-3H3,(H,21,24)(H,22,25)/p+1/t13-/m1/s1. The molecule has 0 saturated carbocycles. The Morgan fingerprint density at radius 1 is 1.12 bits per heavy atom. The van der Waals surface area contributed by atoms with Gasteiger partial charge in [0.05, 0.1) is 14.2 Å². The lowest BCUT2D eigenvalue weighted by Gasteiger charge is -2.20. The van der Waals surface area contributed by atoms with Crippen LogP contribution in [0.2, 0.25) is 5.02 Å². The molecule has 1 unspecified atom stereocenters. The minimum atomic E-state index is -0.407. The number of carbonyl (C=O) groups excluding carboxylic acids is 2. The van der Waals surface area contributed by atoms with Crippen LogP contribution in [0.5, 0.6) is 5.75 Å². The van der Waals surface area contributed by atoms with Gasteiger partial charge in [-0.15, -0.1) is 0 Å². The first-order valence-electron chi connectivity index (χ1n) is 8.21. The summed E-state index contributed by atoms with van der Waals surface area (Å²) in [7, 11) is 3.39. The lowest BCUT2D eigenvalue weighted by molar-refractivity contribution is -0.885. The number of quaternary nitrogens is 1. The van der Waals surface area contributed by atoms with Crippen LogP contribution in [0.3, 0.4) is 0 Å². The zero-order chi connectivity index (χ0) is 19.1. The molecule has 0 fully saturated rings. The maximum absolute atomic E-state index is 12.4. The third kappa shape index (κ3) is 5.75. The summed E-state index contributed by atoms with van der Waals surface area (Å²) in [6.45, 7) is 1.94. The first-order valence-corrected chi connectivity index (χ1v) is 8.59. The molecule has 2 aromatic rings. The van der Waals surface area contributed by atoms with Crippen molar-refractivity contribution >= 4 is 34.8 Å². The highest BCUT2D eigenvalue weighted by atomic mass is 35.5. The number of nitrogens with one attached hydrogen (secondary N) is 3. The summed E-state index contributed by atoms with van der Waals surface area (Å²) in [6, 6.07) is 13.6. The highest BCUT2D eigenvalue weighted by molar-refractivity contribution is 6.30. The monoisotopic (exact) mass is 376 g/mol. The fourth-order valence-electron chi connectivity index (χ4n) is 2.33. The molecule has 6 nitrogen and oxygen atoms in total. The lowest BCUT2D eigenvalue weighted by atomic mass is 10.2. The molecule has 3 N–H and O–H groups in total. The zero-order valence-electron chi connectivity index (χ0n) is 15.0. The molecule has 0 aliphatic rings. The van der Waals surface area contributed by atoms with Gasteiger partial charge in [-0.1, -0.05) is 17.7 Å². The summed E-state index contributed by atoms with van der Waals surface area (Å²) < 4.78 is 5.08. The van der Waals surface area contributed by atoms with Crippen molar-refractivity contribution in [1.82, 2.24) is 0 Å². The van der Waals surface area contributed by atoms with E-state index in [1.54, 1.807) is 69.6 Å². The van der Waals surface area contributed by atoms with Crippen LogP contribution in [0.4, 0.5) is 11.4 Å². The van der Waals surface area contributed by atoms with E-state index in [0.29, 0.717) is 16.4 Å². The predicted octanol–water partition coefficient (Wildman–Crippen LogP) is 1.83. The molecule has 2 amide bonds. The fraction of sp³-hybridized carbons (Fsp3) is 0.263. The number of halogens is 1. The predicted molar refractivity (Wildman–Crippen MR) is 103 cm³/mol. The summed E-state index contributed by atoms with van der Waals surface area (Å²) in [5, 5.41) is 6.17. The molecule has 138 valence electrons. The SMILES string of the molecule is COc1ccc(NC(=O)C[NH+](C)[C@H](C)C(=O)Nc2cccc(Cl)c2)cc1. The second-order valence-electron chi connectivity index (χ2n) is 6.02. The Labute approximate surface area is 158 Å². The maximum Gasteiger partial charge on any atom is 0.282 e. The van der Waals surface area contributed by atoms with Crippen LogP contribution in [0.1, 0.15) is 6.92 Å².